The van der Waals surface area contributed by atoms with Gasteiger partial charge in [0.2, 0.25) is 11.8 Å². The zero-order chi connectivity index (χ0) is 18.3. The predicted molar refractivity (Wildman–Crippen MR) is 97.5 cm³/mol. The van der Waals surface area contributed by atoms with E-state index in [-0.39, 0.29) is 17.9 Å². The van der Waals surface area contributed by atoms with Crippen molar-refractivity contribution in [3.63, 3.8) is 0 Å². The molecule has 0 aromatic rings. The Morgan fingerprint density at radius 1 is 1.21 bits per heavy atom. The van der Waals surface area contributed by atoms with Crippen molar-refractivity contribution in [2.45, 2.75) is 59.5 Å². The zero-order valence-corrected chi connectivity index (χ0v) is 16.0. The van der Waals surface area contributed by atoms with Crippen LogP contribution in [0.2, 0.25) is 0 Å². The molecule has 1 aliphatic heterocycles. The lowest BCUT2D eigenvalue weighted by atomic mass is 9.93. The molecule has 0 bridgehead atoms. The molecule has 1 fully saturated rings. The van der Waals surface area contributed by atoms with Crippen molar-refractivity contribution in [1.82, 2.24) is 15.1 Å². The molecule has 6 heteroatoms. The molecular formula is C18H36N4O2. The van der Waals surface area contributed by atoms with Crippen molar-refractivity contribution in [1.29, 1.82) is 0 Å². The van der Waals surface area contributed by atoms with Gasteiger partial charge in [-0.15, -0.1) is 0 Å². The fraction of sp³-hybridized carbons (Fsp3) is 0.889. The van der Waals surface area contributed by atoms with Crippen LogP contribution in [0.4, 0.5) is 0 Å². The monoisotopic (exact) mass is 340 g/mol. The van der Waals surface area contributed by atoms with Gasteiger partial charge in [-0.2, -0.15) is 0 Å². The van der Waals surface area contributed by atoms with Gasteiger partial charge in [0.1, 0.15) is 6.04 Å². The van der Waals surface area contributed by atoms with Gasteiger partial charge in [0.15, 0.2) is 0 Å². The first-order valence-electron chi connectivity index (χ1n) is 9.25. The maximum Gasteiger partial charge on any atom is 0.242 e. The van der Waals surface area contributed by atoms with Crippen molar-refractivity contribution in [3.05, 3.63) is 0 Å². The molecule has 0 aromatic heterocycles. The Balaban J connectivity index is 2.86. The highest BCUT2D eigenvalue weighted by Crippen LogP contribution is 2.24. The zero-order valence-electron chi connectivity index (χ0n) is 16.0. The number of nitrogens with one attached hydrogen (secondary N) is 1. The molecule has 0 aliphatic carbocycles. The fourth-order valence-electron chi connectivity index (χ4n) is 3.53. The summed E-state index contributed by atoms with van der Waals surface area (Å²) in [6, 6.07) is -0.0337. The van der Waals surface area contributed by atoms with Gasteiger partial charge < -0.3 is 16.0 Å². The molecule has 6 nitrogen and oxygen atoms in total. The number of nitrogens with two attached hydrogens (primary N) is 1. The van der Waals surface area contributed by atoms with Gasteiger partial charge in [-0.25, -0.2) is 0 Å². The summed E-state index contributed by atoms with van der Waals surface area (Å²) in [4.78, 5) is 28.7. The quantitative estimate of drug-likeness (QED) is 0.692. The molecule has 3 N–H and O–H groups in total. The van der Waals surface area contributed by atoms with Gasteiger partial charge in [0.05, 0.1) is 0 Å². The minimum atomic E-state index is -0.380. The number of carbonyl (C=O) groups excluding carboxylic acids is 2. The average Bonchev–Trinajstić information content (AvgIpc) is 2.50. The molecule has 1 rings (SSSR count). The van der Waals surface area contributed by atoms with Crippen molar-refractivity contribution in [2.24, 2.45) is 17.6 Å². The number of amides is 2. The summed E-state index contributed by atoms with van der Waals surface area (Å²) in [5.74, 6) is 1.06. The Bertz CT molecular complexity index is 402. The molecule has 0 saturated carbocycles. The minimum Gasteiger partial charge on any atom is -0.353 e. The van der Waals surface area contributed by atoms with Crippen LogP contribution in [-0.4, -0.2) is 66.4 Å². The molecule has 0 radical (unpaired) electrons. The summed E-state index contributed by atoms with van der Waals surface area (Å²) in [6.45, 7) is 14.0. The van der Waals surface area contributed by atoms with Crippen molar-refractivity contribution >= 4 is 11.8 Å². The normalized spacial score (nSPS) is 21.6. The Morgan fingerprint density at radius 2 is 1.79 bits per heavy atom. The van der Waals surface area contributed by atoms with Crippen LogP contribution in [0.5, 0.6) is 0 Å². The number of hydrogen-bond donors (Lipinski definition) is 2. The van der Waals surface area contributed by atoms with Crippen LogP contribution >= 0.6 is 0 Å². The topological polar surface area (TPSA) is 78.7 Å². The summed E-state index contributed by atoms with van der Waals surface area (Å²) < 4.78 is 0. The van der Waals surface area contributed by atoms with E-state index in [1.165, 1.54) is 0 Å². The van der Waals surface area contributed by atoms with Gasteiger partial charge >= 0.3 is 0 Å². The Hall–Kier alpha value is -1.14. The van der Waals surface area contributed by atoms with Crippen LogP contribution in [0.3, 0.4) is 0 Å². The van der Waals surface area contributed by atoms with Gasteiger partial charge in [0.25, 0.3) is 0 Å². The van der Waals surface area contributed by atoms with Gasteiger partial charge in [-0.05, 0) is 24.7 Å². The molecule has 1 unspecified atom stereocenters. The lowest BCUT2D eigenvalue weighted by Crippen LogP contribution is -2.57. The molecule has 0 aromatic carbocycles. The third-order valence-corrected chi connectivity index (χ3v) is 4.44. The summed E-state index contributed by atoms with van der Waals surface area (Å²) in [5, 5.41) is 2.85. The van der Waals surface area contributed by atoms with Crippen molar-refractivity contribution < 1.29 is 9.59 Å². The van der Waals surface area contributed by atoms with E-state index in [4.69, 9.17) is 5.73 Å². The van der Waals surface area contributed by atoms with E-state index in [2.05, 4.69) is 37.9 Å². The van der Waals surface area contributed by atoms with E-state index in [0.717, 1.165) is 19.5 Å². The van der Waals surface area contributed by atoms with Crippen LogP contribution in [0.25, 0.3) is 0 Å². The van der Waals surface area contributed by atoms with Gasteiger partial charge in [-0.1, -0.05) is 27.7 Å². The molecule has 1 aliphatic rings. The number of nitrogens with zero attached hydrogens (tertiary/aromatic N) is 2. The SMILES string of the molecule is CC(=O)N1CCC(N(CC(C)C)CC(C)C)C[C@@H]1C(=O)NCCN. The second-order valence-electron chi connectivity index (χ2n) is 7.73. The van der Waals surface area contributed by atoms with Gasteiger partial charge in [0, 0.05) is 45.7 Å². The second kappa shape index (κ2) is 9.99. The smallest absolute Gasteiger partial charge is 0.242 e. The third-order valence-electron chi connectivity index (χ3n) is 4.44. The van der Waals surface area contributed by atoms with Crippen LogP contribution < -0.4 is 11.1 Å². The fourth-order valence-corrected chi connectivity index (χ4v) is 3.53. The first-order chi connectivity index (χ1) is 11.3. The number of piperidine rings is 1. The number of carbonyl (C=O) groups is 2. The van der Waals surface area contributed by atoms with Crippen LogP contribution in [-0.2, 0) is 9.59 Å². The summed E-state index contributed by atoms with van der Waals surface area (Å²) in [6.07, 6.45) is 1.63. The maximum absolute atomic E-state index is 12.5. The van der Waals surface area contributed by atoms with E-state index in [1.54, 1.807) is 11.8 Å². The number of likely N-dealkylation sites (tertiary alicyclic amines) is 1. The highest BCUT2D eigenvalue weighted by Gasteiger charge is 2.37. The molecular weight excluding hydrogens is 304 g/mol. The molecule has 140 valence electrons. The first kappa shape index (κ1) is 20.9. The molecule has 0 spiro atoms. The van der Waals surface area contributed by atoms with E-state index >= 15 is 0 Å². The molecule has 2 amide bonds. The largest absolute Gasteiger partial charge is 0.353 e. The Morgan fingerprint density at radius 3 is 2.25 bits per heavy atom. The standard InChI is InChI=1S/C18H36N4O2/c1-13(2)11-21(12-14(3)4)16-6-9-22(15(5)23)17(10-16)18(24)20-8-7-19/h13-14,16-17H,6-12,19H2,1-5H3,(H,20,24)/t16?,17-/m1/s1. The average molecular weight is 341 g/mol. The van der Waals surface area contributed by atoms with Gasteiger partial charge in [-0.3, -0.25) is 14.5 Å². The predicted octanol–water partition coefficient (Wildman–Crippen LogP) is 1.05. The van der Waals surface area contributed by atoms with E-state index in [1.807, 2.05) is 0 Å². The molecule has 1 saturated heterocycles. The van der Waals surface area contributed by atoms with E-state index < -0.39 is 0 Å². The van der Waals surface area contributed by atoms with Crippen LogP contribution in [0.1, 0.15) is 47.5 Å². The highest BCUT2D eigenvalue weighted by molar-refractivity contribution is 5.87. The Kier molecular flexibility index (Phi) is 8.70. The van der Waals surface area contributed by atoms with Crippen LogP contribution in [0, 0.1) is 11.8 Å². The second-order valence-corrected chi connectivity index (χ2v) is 7.73. The van der Waals surface area contributed by atoms with Crippen LogP contribution in [0.15, 0.2) is 0 Å². The van der Waals surface area contributed by atoms with E-state index in [0.29, 0.717) is 43.9 Å². The third kappa shape index (κ3) is 6.40. The minimum absolute atomic E-state index is 0.0272. The highest BCUT2D eigenvalue weighted by atomic mass is 16.2. The van der Waals surface area contributed by atoms with E-state index in [9.17, 15) is 9.59 Å². The maximum atomic E-state index is 12.5. The molecule has 24 heavy (non-hydrogen) atoms. The van der Waals surface area contributed by atoms with Crippen molar-refractivity contribution in [2.75, 3.05) is 32.7 Å². The molecule has 1 heterocycles. The number of rotatable bonds is 8. The first-order valence-corrected chi connectivity index (χ1v) is 9.25. The lowest BCUT2D eigenvalue weighted by molar-refractivity contribution is -0.142. The number of hydrogen-bond acceptors (Lipinski definition) is 4. The lowest BCUT2D eigenvalue weighted by Gasteiger charge is -2.43. The van der Waals surface area contributed by atoms with Crippen molar-refractivity contribution in [3.8, 4) is 0 Å². The summed E-state index contributed by atoms with van der Waals surface area (Å²) in [7, 11) is 0. The summed E-state index contributed by atoms with van der Waals surface area (Å²) in [5.41, 5.74) is 5.48. The Labute approximate surface area is 147 Å². The molecule has 2 atom stereocenters. The summed E-state index contributed by atoms with van der Waals surface area (Å²) >= 11 is 0.